The van der Waals surface area contributed by atoms with E-state index in [1.165, 1.54) is 11.3 Å². The van der Waals surface area contributed by atoms with E-state index >= 15 is 0 Å². The molecule has 0 aliphatic heterocycles. The van der Waals surface area contributed by atoms with Crippen molar-refractivity contribution in [2.75, 3.05) is 5.75 Å². The molecule has 0 unspecified atom stereocenters. The molecule has 1 aliphatic carbocycles. The maximum atomic E-state index is 13.8. The molecule has 0 saturated heterocycles. The molecule has 300 valence electrons. The standard InChI is InChI=1S/C33H48N6O13S2/c34-19(15-27(44)45)28(46)35-20(8-10-25(40)41)29(47)38-23(14-18-7-4-12-54-18)32(50)36-21(9-11-26(42)43)30(48)37-22(13-17-5-2-1-3-6-17)31(49)39-24(16-53)33(51)52/h4,7,12,17,19-24,53H,1-3,5-6,8-11,13-16,34H2,(H,35,46)(H,36,50)(H,37,48)(H,38,47)(H,39,49)(H,40,41)(H,42,43)(H,44,45)(H,51,52)/t19-,20-,21-,22-,23-,24-/m0/s1. The normalized spacial score (nSPS) is 16.3. The van der Waals surface area contributed by atoms with E-state index in [0.717, 1.165) is 32.1 Å². The summed E-state index contributed by atoms with van der Waals surface area (Å²) in [7, 11) is 0. The van der Waals surface area contributed by atoms with Crippen molar-refractivity contribution in [3.63, 3.8) is 0 Å². The fraction of sp³-hybridized carbons (Fsp3) is 0.606. The van der Waals surface area contributed by atoms with Gasteiger partial charge in [0.1, 0.15) is 30.2 Å². The van der Waals surface area contributed by atoms with Gasteiger partial charge in [0, 0.05) is 29.9 Å². The molecule has 1 heterocycles. The number of carboxylic acids is 4. The van der Waals surface area contributed by atoms with Crippen LogP contribution in [0.5, 0.6) is 0 Å². The van der Waals surface area contributed by atoms with Gasteiger partial charge in [0.15, 0.2) is 0 Å². The Balaban J connectivity index is 2.37. The van der Waals surface area contributed by atoms with Gasteiger partial charge in [-0.15, -0.1) is 11.3 Å². The molecule has 1 saturated carbocycles. The summed E-state index contributed by atoms with van der Waals surface area (Å²) in [5.41, 5.74) is 5.61. The van der Waals surface area contributed by atoms with Crippen molar-refractivity contribution in [2.45, 2.75) is 113 Å². The highest BCUT2D eigenvalue weighted by molar-refractivity contribution is 7.80. The SMILES string of the molecule is N[C@@H](CC(=O)O)C(=O)N[C@@H](CCC(=O)O)C(=O)N[C@@H](Cc1cccs1)C(=O)N[C@@H](CCC(=O)O)C(=O)N[C@@H](CC1CCCCC1)C(=O)N[C@@H](CS)C(=O)O. The van der Waals surface area contributed by atoms with Crippen molar-refractivity contribution in [1.82, 2.24) is 26.6 Å². The molecule has 54 heavy (non-hydrogen) atoms. The fourth-order valence-electron chi connectivity index (χ4n) is 5.73. The number of carbonyl (C=O) groups excluding carboxylic acids is 5. The van der Waals surface area contributed by atoms with Gasteiger partial charge in [0.05, 0.1) is 12.5 Å². The largest absolute Gasteiger partial charge is 0.481 e. The number of thiophene rings is 1. The molecule has 21 heteroatoms. The van der Waals surface area contributed by atoms with E-state index in [4.69, 9.17) is 10.8 Å². The number of nitrogens with one attached hydrogen (secondary N) is 5. The van der Waals surface area contributed by atoms with Crippen LogP contribution in [0.4, 0.5) is 0 Å². The predicted octanol–water partition coefficient (Wildman–Crippen LogP) is -0.769. The van der Waals surface area contributed by atoms with Crippen molar-refractivity contribution >= 4 is 77.4 Å². The van der Waals surface area contributed by atoms with Gasteiger partial charge in [-0.3, -0.25) is 38.4 Å². The van der Waals surface area contributed by atoms with Crippen molar-refractivity contribution in [2.24, 2.45) is 11.7 Å². The number of hydrogen-bond acceptors (Lipinski definition) is 12. The number of rotatable bonds is 24. The van der Waals surface area contributed by atoms with Gasteiger partial charge in [-0.2, -0.15) is 12.6 Å². The summed E-state index contributed by atoms with van der Waals surface area (Å²) < 4.78 is 0. The third kappa shape index (κ3) is 16.5. The molecule has 11 N–H and O–H groups in total. The van der Waals surface area contributed by atoms with Crippen LogP contribution in [-0.4, -0.2) is 116 Å². The number of carbonyl (C=O) groups is 9. The Hall–Kier alpha value is -4.76. The van der Waals surface area contributed by atoms with E-state index in [1.54, 1.807) is 17.5 Å². The van der Waals surface area contributed by atoms with E-state index in [2.05, 4.69) is 39.2 Å². The molecule has 1 aromatic rings. The lowest BCUT2D eigenvalue weighted by molar-refractivity contribution is -0.142. The first kappa shape index (κ1) is 45.4. The number of aliphatic carboxylic acids is 4. The minimum absolute atomic E-state index is 0.0137. The smallest absolute Gasteiger partial charge is 0.327 e. The molecule has 1 fully saturated rings. The topological polar surface area (TPSA) is 321 Å². The summed E-state index contributed by atoms with van der Waals surface area (Å²) >= 11 is 5.19. The number of carboxylic acid groups (broad SMARTS) is 4. The molecular weight excluding hydrogens is 753 g/mol. The van der Waals surface area contributed by atoms with Crippen LogP contribution in [0.2, 0.25) is 0 Å². The van der Waals surface area contributed by atoms with Crippen molar-refractivity contribution < 1.29 is 63.6 Å². The fourth-order valence-corrected chi connectivity index (χ4v) is 6.73. The minimum atomic E-state index is -1.58. The third-order valence-electron chi connectivity index (χ3n) is 8.63. The van der Waals surface area contributed by atoms with Gasteiger partial charge in [0.25, 0.3) is 0 Å². The number of nitrogens with two attached hydrogens (primary N) is 1. The molecule has 0 radical (unpaired) electrons. The van der Waals surface area contributed by atoms with E-state index in [0.29, 0.717) is 4.88 Å². The Morgan fingerprint density at radius 2 is 1.17 bits per heavy atom. The number of thiol groups is 1. The van der Waals surface area contributed by atoms with Crippen molar-refractivity contribution in [3.8, 4) is 0 Å². The Bertz CT molecular complexity index is 1490. The summed E-state index contributed by atoms with van der Waals surface area (Å²) in [4.78, 5) is 113. The van der Waals surface area contributed by atoms with E-state index in [-0.39, 0.29) is 24.5 Å². The Labute approximate surface area is 320 Å². The summed E-state index contributed by atoms with van der Waals surface area (Å²) in [5, 5.41) is 50.8. The minimum Gasteiger partial charge on any atom is -0.481 e. The highest BCUT2D eigenvalue weighted by atomic mass is 32.1. The monoisotopic (exact) mass is 800 g/mol. The third-order valence-corrected chi connectivity index (χ3v) is 9.90. The van der Waals surface area contributed by atoms with Crippen LogP contribution >= 0.6 is 24.0 Å². The molecule has 1 aromatic heterocycles. The predicted molar refractivity (Wildman–Crippen MR) is 194 cm³/mol. The average molecular weight is 801 g/mol. The van der Waals surface area contributed by atoms with Crippen LogP contribution in [-0.2, 0) is 49.6 Å². The Kier molecular flexibility index (Phi) is 19.4. The lowest BCUT2D eigenvalue weighted by atomic mass is 9.84. The van der Waals surface area contributed by atoms with E-state index in [1.807, 2.05) is 0 Å². The second-order valence-corrected chi connectivity index (χ2v) is 14.3. The van der Waals surface area contributed by atoms with Crippen LogP contribution in [0.25, 0.3) is 0 Å². The van der Waals surface area contributed by atoms with Crippen LogP contribution in [0.15, 0.2) is 17.5 Å². The van der Waals surface area contributed by atoms with Gasteiger partial charge in [-0.25, -0.2) is 4.79 Å². The summed E-state index contributed by atoms with van der Waals surface area (Å²) in [6, 6.07) is -5.51. The zero-order valence-corrected chi connectivity index (χ0v) is 31.1. The second-order valence-electron chi connectivity index (χ2n) is 12.9. The Morgan fingerprint density at radius 1 is 0.685 bits per heavy atom. The van der Waals surface area contributed by atoms with Gasteiger partial charge < -0.3 is 52.7 Å². The van der Waals surface area contributed by atoms with Crippen LogP contribution in [0, 0.1) is 5.92 Å². The van der Waals surface area contributed by atoms with Crippen molar-refractivity contribution in [3.05, 3.63) is 22.4 Å². The van der Waals surface area contributed by atoms with Crippen LogP contribution < -0.4 is 32.3 Å². The van der Waals surface area contributed by atoms with Gasteiger partial charge in [-0.1, -0.05) is 38.2 Å². The zero-order valence-electron chi connectivity index (χ0n) is 29.4. The summed E-state index contributed by atoms with van der Waals surface area (Å²) in [6.07, 6.45) is 1.39. The summed E-state index contributed by atoms with van der Waals surface area (Å²) in [5.74, 6) is -10.4. The highest BCUT2D eigenvalue weighted by Crippen LogP contribution is 2.27. The lowest BCUT2D eigenvalue weighted by Gasteiger charge is -2.29. The lowest BCUT2D eigenvalue weighted by Crippen LogP contribution is -2.60. The quantitative estimate of drug-likeness (QED) is 0.0573. The summed E-state index contributed by atoms with van der Waals surface area (Å²) in [6.45, 7) is 0. The van der Waals surface area contributed by atoms with Crippen LogP contribution in [0.3, 0.4) is 0 Å². The second kappa shape index (κ2) is 23.1. The van der Waals surface area contributed by atoms with Gasteiger partial charge >= 0.3 is 23.9 Å². The van der Waals surface area contributed by atoms with E-state index < -0.39 is 122 Å². The molecule has 19 nitrogen and oxygen atoms in total. The number of amides is 5. The van der Waals surface area contributed by atoms with E-state index in [9.17, 15) is 58.5 Å². The van der Waals surface area contributed by atoms with Gasteiger partial charge in [-0.05, 0) is 36.6 Å². The zero-order chi connectivity index (χ0) is 40.4. The van der Waals surface area contributed by atoms with Crippen molar-refractivity contribution in [1.29, 1.82) is 0 Å². The first-order valence-electron chi connectivity index (χ1n) is 17.3. The molecule has 2 rings (SSSR count). The Morgan fingerprint density at radius 3 is 1.65 bits per heavy atom. The molecule has 0 bridgehead atoms. The molecule has 5 amide bonds. The first-order valence-corrected chi connectivity index (χ1v) is 18.8. The van der Waals surface area contributed by atoms with Gasteiger partial charge in [0.2, 0.25) is 29.5 Å². The highest BCUT2D eigenvalue weighted by Gasteiger charge is 2.34. The van der Waals surface area contributed by atoms with Crippen LogP contribution in [0.1, 0.15) is 75.5 Å². The number of hydrogen-bond donors (Lipinski definition) is 11. The first-order chi connectivity index (χ1) is 25.5. The molecular formula is C33H48N6O13S2. The molecule has 6 atom stereocenters. The molecule has 1 aliphatic rings. The maximum Gasteiger partial charge on any atom is 0.327 e. The average Bonchev–Trinajstić information content (AvgIpc) is 3.62. The maximum absolute atomic E-state index is 13.8. The molecule has 0 aromatic carbocycles. The molecule has 0 spiro atoms.